The molecule has 2 unspecified atom stereocenters. The van der Waals surface area contributed by atoms with Crippen molar-refractivity contribution in [2.45, 2.75) is 52.0 Å². The van der Waals surface area contributed by atoms with Gasteiger partial charge in [0, 0.05) is 19.3 Å². The third-order valence-electron chi connectivity index (χ3n) is 2.78. The molecule has 3 N–H and O–H groups in total. The van der Waals surface area contributed by atoms with Gasteiger partial charge in [0.15, 0.2) is 0 Å². The summed E-state index contributed by atoms with van der Waals surface area (Å²) in [6, 6.07) is 0.468. The summed E-state index contributed by atoms with van der Waals surface area (Å²) in [5.74, 6) is 0.594. The highest BCUT2D eigenvalue weighted by Gasteiger charge is 2.08. The van der Waals surface area contributed by atoms with Crippen LogP contribution in [0, 0.1) is 5.92 Å². The van der Waals surface area contributed by atoms with Crippen molar-refractivity contribution in [1.29, 1.82) is 0 Å². The Labute approximate surface area is 93.9 Å². The summed E-state index contributed by atoms with van der Waals surface area (Å²) in [4.78, 5) is 0. The first kappa shape index (κ1) is 14.9. The molecule has 0 rings (SSSR count). The first-order chi connectivity index (χ1) is 7.24. The van der Waals surface area contributed by atoms with Gasteiger partial charge in [0.2, 0.25) is 0 Å². The summed E-state index contributed by atoms with van der Waals surface area (Å²) in [5.41, 5.74) is 0. The van der Waals surface area contributed by atoms with Crippen LogP contribution in [0.4, 0.5) is 0 Å². The van der Waals surface area contributed by atoms with Gasteiger partial charge in [-0.2, -0.15) is 0 Å². The molecule has 0 spiro atoms. The lowest BCUT2D eigenvalue weighted by Crippen LogP contribution is -2.31. The molecule has 0 aromatic carbocycles. The molecule has 15 heavy (non-hydrogen) atoms. The van der Waals surface area contributed by atoms with Crippen LogP contribution in [0.1, 0.15) is 46.0 Å². The molecule has 2 atom stereocenters. The van der Waals surface area contributed by atoms with Crippen LogP contribution in [0.15, 0.2) is 0 Å². The van der Waals surface area contributed by atoms with Gasteiger partial charge in [0.1, 0.15) is 0 Å². The van der Waals surface area contributed by atoms with Crippen molar-refractivity contribution in [3.05, 3.63) is 0 Å². The zero-order valence-corrected chi connectivity index (χ0v) is 10.2. The van der Waals surface area contributed by atoms with Crippen LogP contribution in [-0.4, -0.2) is 36.0 Å². The third kappa shape index (κ3) is 8.85. The molecule has 92 valence electrons. The monoisotopic (exact) mass is 217 g/mol. The summed E-state index contributed by atoms with van der Waals surface area (Å²) in [6.07, 6.45) is 5.15. The summed E-state index contributed by atoms with van der Waals surface area (Å²) in [7, 11) is 0. The lowest BCUT2D eigenvalue weighted by molar-refractivity contribution is 0.242. The fourth-order valence-corrected chi connectivity index (χ4v) is 1.81. The fourth-order valence-electron chi connectivity index (χ4n) is 1.81. The molecule has 0 amide bonds. The molecule has 0 aromatic rings. The predicted molar refractivity (Wildman–Crippen MR) is 63.9 cm³/mol. The van der Waals surface area contributed by atoms with Crippen molar-refractivity contribution >= 4 is 0 Å². The van der Waals surface area contributed by atoms with E-state index in [1.165, 1.54) is 12.8 Å². The smallest absolute Gasteiger partial charge is 0.0434 e. The molecule has 0 aliphatic heterocycles. The zero-order chi connectivity index (χ0) is 11.5. The van der Waals surface area contributed by atoms with Crippen LogP contribution < -0.4 is 5.32 Å². The molecule has 0 bridgehead atoms. The van der Waals surface area contributed by atoms with Gasteiger partial charge < -0.3 is 15.5 Å². The first-order valence-electron chi connectivity index (χ1n) is 6.19. The third-order valence-corrected chi connectivity index (χ3v) is 2.78. The first-order valence-corrected chi connectivity index (χ1v) is 6.19. The fraction of sp³-hybridized carbons (Fsp3) is 1.00. The van der Waals surface area contributed by atoms with E-state index in [1.54, 1.807) is 0 Å². The van der Waals surface area contributed by atoms with Crippen LogP contribution in [-0.2, 0) is 0 Å². The van der Waals surface area contributed by atoms with Gasteiger partial charge >= 0.3 is 0 Å². The molecule has 0 heterocycles. The molecule has 3 heteroatoms. The second-order valence-electron chi connectivity index (χ2n) is 4.34. The maximum absolute atomic E-state index is 8.91. The van der Waals surface area contributed by atoms with Crippen molar-refractivity contribution < 1.29 is 10.2 Å². The number of aliphatic hydroxyl groups is 2. The predicted octanol–water partition coefficient (Wildman–Crippen LogP) is 1.54. The van der Waals surface area contributed by atoms with E-state index >= 15 is 0 Å². The van der Waals surface area contributed by atoms with Gasteiger partial charge in [-0.1, -0.05) is 13.3 Å². The molecule has 0 radical (unpaired) electrons. The van der Waals surface area contributed by atoms with Crippen LogP contribution in [0.5, 0.6) is 0 Å². The number of nitrogens with one attached hydrogen (secondary N) is 1. The van der Waals surface area contributed by atoms with Crippen molar-refractivity contribution in [3.8, 4) is 0 Å². The molecule has 0 aromatic heterocycles. The standard InChI is InChI=1S/C12H27NO2/c1-3-5-12(7-9-15)10-13-11(2)6-4-8-14/h11-15H,3-10H2,1-2H3. The molecule has 0 saturated heterocycles. The van der Waals surface area contributed by atoms with Crippen molar-refractivity contribution in [2.75, 3.05) is 19.8 Å². The summed E-state index contributed by atoms with van der Waals surface area (Å²) < 4.78 is 0. The molecule has 0 aliphatic rings. The summed E-state index contributed by atoms with van der Waals surface area (Å²) in [6.45, 7) is 5.89. The Morgan fingerprint density at radius 3 is 2.33 bits per heavy atom. The van der Waals surface area contributed by atoms with Gasteiger partial charge in [0.05, 0.1) is 0 Å². The molecule has 0 fully saturated rings. The van der Waals surface area contributed by atoms with Crippen LogP contribution >= 0.6 is 0 Å². The van der Waals surface area contributed by atoms with Crippen LogP contribution in [0.2, 0.25) is 0 Å². The maximum atomic E-state index is 8.91. The summed E-state index contributed by atoms with van der Waals surface area (Å²) >= 11 is 0. The summed E-state index contributed by atoms with van der Waals surface area (Å²) in [5, 5.41) is 21.1. The van der Waals surface area contributed by atoms with Gasteiger partial charge in [-0.05, 0) is 45.1 Å². The molecule has 0 saturated carbocycles. The van der Waals surface area contributed by atoms with Crippen molar-refractivity contribution in [1.82, 2.24) is 5.32 Å². The second-order valence-corrected chi connectivity index (χ2v) is 4.34. The normalized spacial score (nSPS) is 15.2. The van der Waals surface area contributed by atoms with Crippen LogP contribution in [0.3, 0.4) is 0 Å². The minimum absolute atomic E-state index is 0.279. The Hall–Kier alpha value is -0.120. The zero-order valence-electron chi connectivity index (χ0n) is 10.2. The van der Waals surface area contributed by atoms with E-state index in [2.05, 4.69) is 19.2 Å². The van der Waals surface area contributed by atoms with Gasteiger partial charge in [-0.15, -0.1) is 0 Å². The number of hydrogen-bond donors (Lipinski definition) is 3. The topological polar surface area (TPSA) is 52.5 Å². The number of rotatable bonds is 10. The van der Waals surface area contributed by atoms with E-state index in [4.69, 9.17) is 10.2 Å². The lowest BCUT2D eigenvalue weighted by atomic mass is 9.99. The van der Waals surface area contributed by atoms with E-state index in [1.807, 2.05) is 0 Å². The Kier molecular flexibility index (Phi) is 10.3. The Balaban J connectivity index is 3.57. The Morgan fingerprint density at radius 1 is 1.07 bits per heavy atom. The van der Waals surface area contributed by atoms with E-state index in [0.29, 0.717) is 12.0 Å². The van der Waals surface area contributed by atoms with Crippen LogP contribution in [0.25, 0.3) is 0 Å². The minimum atomic E-state index is 0.279. The van der Waals surface area contributed by atoms with E-state index < -0.39 is 0 Å². The minimum Gasteiger partial charge on any atom is -0.396 e. The van der Waals surface area contributed by atoms with Crippen molar-refractivity contribution in [3.63, 3.8) is 0 Å². The van der Waals surface area contributed by atoms with Gasteiger partial charge in [0.25, 0.3) is 0 Å². The van der Waals surface area contributed by atoms with Gasteiger partial charge in [-0.3, -0.25) is 0 Å². The van der Waals surface area contributed by atoms with E-state index in [-0.39, 0.29) is 13.2 Å². The quantitative estimate of drug-likeness (QED) is 0.520. The molecule has 3 nitrogen and oxygen atoms in total. The maximum Gasteiger partial charge on any atom is 0.0434 e. The number of aliphatic hydroxyl groups excluding tert-OH is 2. The van der Waals surface area contributed by atoms with E-state index in [0.717, 1.165) is 25.8 Å². The molecule has 0 aliphatic carbocycles. The average molecular weight is 217 g/mol. The molecular formula is C12H27NO2. The van der Waals surface area contributed by atoms with Gasteiger partial charge in [-0.25, -0.2) is 0 Å². The Bertz CT molecular complexity index is 125. The lowest BCUT2D eigenvalue weighted by Gasteiger charge is -2.19. The number of hydrogen-bond acceptors (Lipinski definition) is 3. The highest BCUT2D eigenvalue weighted by Crippen LogP contribution is 2.10. The van der Waals surface area contributed by atoms with Crippen molar-refractivity contribution in [2.24, 2.45) is 5.92 Å². The highest BCUT2D eigenvalue weighted by molar-refractivity contribution is 4.66. The SMILES string of the molecule is CCCC(CCO)CNC(C)CCCO. The van der Waals surface area contributed by atoms with E-state index in [9.17, 15) is 0 Å². The highest BCUT2D eigenvalue weighted by atomic mass is 16.3. The Morgan fingerprint density at radius 2 is 1.80 bits per heavy atom. The second kappa shape index (κ2) is 10.4. The average Bonchev–Trinajstić information content (AvgIpc) is 2.23. The molecular weight excluding hydrogens is 190 g/mol. The largest absolute Gasteiger partial charge is 0.396 e.